The molecule has 0 aliphatic rings. The maximum Gasteiger partial charge on any atom is 0.279 e. The number of ether oxygens (including phenoxy) is 1. The van der Waals surface area contributed by atoms with Crippen molar-refractivity contribution >= 4 is 11.8 Å². The highest BCUT2D eigenvalue weighted by Gasteiger charge is 2.17. The Kier molecular flexibility index (Phi) is 6.79. The van der Waals surface area contributed by atoms with Crippen LogP contribution in [0.5, 0.6) is 5.75 Å². The van der Waals surface area contributed by atoms with Crippen molar-refractivity contribution in [3.8, 4) is 17.1 Å². The molecule has 1 atom stereocenters. The average Bonchev–Trinajstić information content (AvgIpc) is 3.21. The van der Waals surface area contributed by atoms with Crippen LogP contribution < -0.4 is 15.6 Å². The first-order valence-electron chi connectivity index (χ1n) is 9.27. The highest BCUT2D eigenvalue weighted by atomic mass is 19.1. The lowest BCUT2D eigenvalue weighted by atomic mass is 10.1. The van der Waals surface area contributed by atoms with E-state index < -0.39 is 29.6 Å². The second-order valence-electron chi connectivity index (χ2n) is 6.47. The number of benzene rings is 2. The van der Waals surface area contributed by atoms with Crippen molar-refractivity contribution < 1.29 is 27.5 Å². The number of halogens is 2. The van der Waals surface area contributed by atoms with Crippen molar-refractivity contribution in [2.75, 3.05) is 0 Å². The second kappa shape index (κ2) is 9.69. The predicted molar refractivity (Wildman–Crippen MR) is 105 cm³/mol. The van der Waals surface area contributed by atoms with E-state index in [0.29, 0.717) is 17.1 Å². The van der Waals surface area contributed by atoms with E-state index in [2.05, 4.69) is 10.9 Å². The quantitative estimate of drug-likeness (QED) is 0.577. The van der Waals surface area contributed by atoms with Gasteiger partial charge in [0.2, 0.25) is 5.91 Å². The van der Waals surface area contributed by atoms with E-state index in [1.165, 1.54) is 31.2 Å². The lowest BCUT2D eigenvalue weighted by Crippen LogP contribution is -2.47. The van der Waals surface area contributed by atoms with E-state index in [4.69, 9.17) is 9.15 Å². The molecule has 0 saturated heterocycles. The molecule has 3 rings (SSSR count). The summed E-state index contributed by atoms with van der Waals surface area (Å²) in [7, 11) is 0. The number of rotatable bonds is 7. The van der Waals surface area contributed by atoms with Gasteiger partial charge in [0.1, 0.15) is 17.3 Å². The van der Waals surface area contributed by atoms with Crippen molar-refractivity contribution in [1.29, 1.82) is 0 Å². The maximum atomic E-state index is 13.8. The van der Waals surface area contributed by atoms with Crippen LogP contribution in [0.15, 0.2) is 65.1 Å². The molecule has 0 bridgehead atoms. The van der Waals surface area contributed by atoms with Crippen LogP contribution in [0.25, 0.3) is 11.3 Å². The number of hydrazine groups is 1. The first-order chi connectivity index (χ1) is 14.4. The Labute approximate surface area is 171 Å². The third-order valence-corrected chi connectivity index (χ3v) is 4.23. The van der Waals surface area contributed by atoms with E-state index >= 15 is 0 Å². The van der Waals surface area contributed by atoms with E-state index in [0.717, 1.165) is 0 Å². The Morgan fingerprint density at radius 2 is 1.67 bits per heavy atom. The fraction of sp³-hybridized carbons (Fsp3) is 0.182. The van der Waals surface area contributed by atoms with Crippen molar-refractivity contribution in [2.45, 2.75) is 25.9 Å². The number of hydrogen-bond donors (Lipinski definition) is 2. The molecule has 1 heterocycles. The van der Waals surface area contributed by atoms with Crippen LogP contribution in [0.2, 0.25) is 0 Å². The van der Waals surface area contributed by atoms with Gasteiger partial charge in [-0.3, -0.25) is 20.4 Å². The van der Waals surface area contributed by atoms with Crippen LogP contribution in [0.1, 0.15) is 19.1 Å². The summed E-state index contributed by atoms with van der Waals surface area (Å²) in [5.74, 6) is -1.26. The molecule has 8 heteroatoms. The first kappa shape index (κ1) is 21.0. The van der Waals surface area contributed by atoms with E-state index in [1.54, 1.807) is 36.4 Å². The first-order valence-corrected chi connectivity index (χ1v) is 9.27. The summed E-state index contributed by atoms with van der Waals surface area (Å²) in [6.07, 6.45) is -0.722. The van der Waals surface area contributed by atoms with Gasteiger partial charge in [0.05, 0.1) is 5.56 Å². The summed E-state index contributed by atoms with van der Waals surface area (Å²) in [6, 6.07) is 15.2. The molecule has 1 aromatic heterocycles. The van der Waals surface area contributed by atoms with Crippen molar-refractivity contribution in [3.63, 3.8) is 0 Å². The molecule has 0 aliphatic heterocycles. The molecule has 2 N–H and O–H groups in total. The third kappa shape index (κ3) is 5.44. The Morgan fingerprint density at radius 3 is 2.40 bits per heavy atom. The Balaban J connectivity index is 1.44. The Hall–Kier alpha value is -3.68. The van der Waals surface area contributed by atoms with Gasteiger partial charge in [-0.2, -0.15) is 0 Å². The van der Waals surface area contributed by atoms with Crippen LogP contribution >= 0.6 is 0 Å². The molecule has 0 radical (unpaired) electrons. The van der Waals surface area contributed by atoms with E-state index in [9.17, 15) is 18.4 Å². The van der Waals surface area contributed by atoms with Gasteiger partial charge in [-0.1, -0.05) is 24.3 Å². The van der Waals surface area contributed by atoms with Gasteiger partial charge in [0, 0.05) is 12.8 Å². The molecule has 0 spiro atoms. The summed E-state index contributed by atoms with van der Waals surface area (Å²) in [4.78, 5) is 24.0. The zero-order valence-corrected chi connectivity index (χ0v) is 16.2. The molecule has 156 valence electrons. The normalized spacial score (nSPS) is 11.6. The smallest absolute Gasteiger partial charge is 0.279 e. The van der Waals surface area contributed by atoms with E-state index in [1.807, 2.05) is 0 Å². The van der Waals surface area contributed by atoms with E-state index in [-0.39, 0.29) is 18.6 Å². The van der Waals surface area contributed by atoms with Crippen LogP contribution in [0.4, 0.5) is 8.78 Å². The number of aryl methyl sites for hydroxylation is 1. The minimum atomic E-state index is -1.02. The van der Waals surface area contributed by atoms with Gasteiger partial charge >= 0.3 is 0 Å². The number of furan rings is 1. The van der Waals surface area contributed by atoms with Gasteiger partial charge in [-0.25, -0.2) is 8.78 Å². The summed E-state index contributed by atoms with van der Waals surface area (Å²) >= 11 is 0. The Bertz CT molecular complexity index is 1040. The zero-order valence-electron chi connectivity index (χ0n) is 16.2. The monoisotopic (exact) mass is 414 g/mol. The molecule has 3 aromatic rings. The fourth-order valence-electron chi connectivity index (χ4n) is 2.63. The molecule has 0 aliphatic carbocycles. The highest BCUT2D eigenvalue weighted by Crippen LogP contribution is 2.25. The molecule has 0 fully saturated rings. The topological polar surface area (TPSA) is 80.6 Å². The van der Waals surface area contributed by atoms with Gasteiger partial charge in [0.25, 0.3) is 5.91 Å². The number of nitrogens with one attached hydrogen (secondary N) is 2. The van der Waals surface area contributed by atoms with Gasteiger partial charge in [-0.15, -0.1) is 0 Å². The molecule has 6 nitrogen and oxygen atoms in total. The Morgan fingerprint density at radius 1 is 0.967 bits per heavy atom. The van der Waals surface area contributed by atoms with Gasteiger partial charge in [0.15, 0.2) is 17.7 Å². The van der Waals surface area contributed by atoms with Crippen molar-refractivity contribution in [2.24, 2.45) is 0 Å². The number of para-hydroxylation sites is 1. The molecule has 0 saturated carbocycles. The summed E-state index contributed by atoms with van der Waals surface area (Å²) in [5, 5.41) is 0. The average molecular weight is 414 g/mol. The van der Waals surface area contributed by atoms with Gasteiger partial charge < -0.3 is 9.15 Å². The molecule has 2 amide bonds. The molecular formula is C22H20F2N2O4. The third-order valence-electron chi connectivity index (χ3n) is 4.23. The molecular weight excluding hydrogens is 394 g/mol. The van der Waals surface area contributed by atoms with Crippen LogP contribution in [-0.4, -0.2) is 17.9 Å². The van der Waals surface area contributed by atoms with Crippen molar-refractivity contribution in [1.82, 2.24) is 10.9 Å². The molecule has 2 aromatic carbocycles. The highest BCUT2D eigenvalue weighted by molar-refractivity contribution is 5.84. The summed E-state index contributed by atoms with van der Waals surface area (Å²) in [6.45, 7) is 1.43. The number of hydrogen-bond acceptors (Lipinski definition) is 4. The minimum absolute atomic E-state index is 0.0348. The number of carbonyl (C=O) groups is 2. The number of carbonyl (C=O) groups excluding carboxylic acids is 2. The predicted octanol–water partition coefficient (Wildman–Crippen LogP) is 3.77. The SMILES string of the molecule is CC(Oc1ccccc1F)C(=O)NNC(=O)CCc1ccc(-c2ccccc2F)o1. The van der Waals surface area contributed by atoms with Crippen LogP contribution in [0, 0.1) is 11.6 Å². The van der Waals surface area contributed by atoms with Crippen LogP contribution in [0.3, 0.4) is 0 Å². The second-order valence-corrected chi connectivity index (χ2v) is 6.47. The minimum Gasteiger partial charge on any atom is -0.478 e. The zero-order chi connectivity index (χ0) is 21.5. The number of amides is 2. The molecule has 30 heavy (non-hydrogen) atoms. The maximum absolute atomic E-state index is 13.8. The summed E-state index contributed by atoms with van der Waals surface area (Å²) in [5.41, 5.74) is 4.84. The summed E-state index contributed by atoms with van der Waals surface area (Å²) < 4.78 is 38.2. The van der Waals surface area contributed by atoms with Gasteiger partial charge in [-0.05, 0) is 43.3 Å². The fourth-order valence-corrected chi connectivity index (χ4v) is 2.63. The molecule has 1 unspecified atom stereocenters. The largest absolute Gasteiger partial charge is 0.478 e. The standard InChI is InChI=1S/C22H20F2N2O4/c1-14(29-20-9-5-4-8-18(20)24)22(28)26-25-21(27)13-11-15-10-12-19(30-15)16-6-2-3-7-17(16)23/h2-10,12,14H,11,13H2,1H3,(H,25,27)(H,26,28). The van der Waals surface area contributed by atoms with Crippen LogP contribution in [-0.2, 0) is 16.0 Å². The van der Waals surface area contributed by atoms with Crippen molar-refractivity contribution in [3.05, 3.63) is 78.1 Å². The lowest BCUT2D eigenvalue weighted by molar-refractivity contribution is -0.132. The lowest BCUT2D eigenvalue weighted by Gasteiger charge is -2.15.